The summed E-state index contributed by atoms with van der Waals surface area (Å²) in [4.78, 5) is 12.0. The summed E-state index contributed by atoms with van der Waals surface area (Å²) in [6, 6.07) is 1.52. The van der Waals surface area contributed by atoms with Crippen molar-refractivity contribution in [3.63, 3.8) is 0 Å². The molecule has 1 rings (SSSR count). The minimum absolute atomic E-state index is 0.125. The highest BCUT2D eigenvalue weighted by atomic mass is 16.5. The molecule has 6 heteroatoms. The van der Waals surface area contributed by atoms with Crippen LogP contribution in [-0.2, 0) is 9.47 Å². The van der Waals surface area contributed by atoms with Crippen LogP contribution in [0.1, 0.15) is 13.3 Å². The minimum Gasteiger partial charge on any atom is -0.390 e. The molecule has 36 heavy (non-hydrogen) atoms. The highest BCUT2D eigenvalue weighted by molar-refractivity contribution is 5.76. The van der Waals surface area contributed by atoms with Crippen LogP contribution in [0.4, 0.5) is 4.79 Å². The lowest BCUT2D eigenvalue weighted by molar-refractivity contribution is -0.0278. The van der Waals surface area contributed by atoms with E-state index in [1.165, 1.54) is 7.11 Å². The zero-order chi connectivity index (χ0) is 26.3. The summed E-state index contributed by atoms with van der Waals surface area (Å²) in [5, 5.41) is 15.3. The summed E-state index contributed by atoms with van der Waals surface area (Å²) in [5.41, 5.74) is 0. The number of carbonyl (C=O) groups excluding carboxylic acids is 1. The van der Waals surface area contributed by atoms with E-state index in [9.17, 15) is 9.90 Å². The Kier molecular flexibility index (Phi) is 15.4. The Bertz CT molecular complexity index is 1440. The molecule has 1 aliphatic rings. The van der Waals surface area contributed by atoms with Crippen molar-refractivity contribution >= 4 is 6.03 Å². The molecule has 0 aromatic rings. The molecule has 1 aliphatic carbocycles. The second kappa shape index (κ2) is 19.2. The van der Waals surface area contributed by atoms with Crippen molar-refractivity contribution in [2.75, 3.05) is 20.8 Å². The minimum atomic E-state index is -0.727. The third kappa shape index (κ3) is 12.7. The molecule has 1 fully saturated rings. The quantitative estimate of drug-likeness (QED) is 0.388. The number of rotatable bonds is 4. The van der Waals surface area contributed by atoms with E-state index in [2.05, 4.69) is 129 Å². The van der Waals surface area contributed by atoms with Crippen LogP contribution >= 0.6 is 0 Å². The van der Waals surface area contributed by atoms with Crippen molar-refractivity contribution in [1.29, 1.82) is 0 Å². The SMILES string of the molecule is CC#CC#CC#CC#CC#CC#CC#CC#CC#CC#CNC(=O)N[C@@H]1C[C@H](COC)[C@H](O)C1OC. The molecule has 0 spiro atoms. The van der Waals surface area contributed by atoms with Crippen molar-refractivity contribution in [3.8, 4) is 119 Å². The van der Waals surface area contributed by atoms with Gasteiger partial charge in [-0.2, -0.15) is 0 Å². The van der Waals surface area contributed by atoms with Gasteiger partial charge in [0, 0.05) is 85.4 Å². The smallest absolute Gasteiger partial charge is 0.326 e. The summed E-state index contributed by atoms with van der Waals surface area (Å²) in [6.07, 6.45) is -0.728. The predicted molar refractivity (Wildman–Crippen MR) is 136 cm³/mol. The van der Waals surface area contributed by atoms with Crippen LogP contribution in [0.5, 0.6) is 0 Å². The van der Waals surface area contributed by atoms with E-state index in [1.54, 1.807) is 14.0 Å². The first-order valence-corrected chi connectivity index (χ1v) is 10.3. The highest BCUT2D eigenvalue weighted by Crippen LogP contribution is 2.28. The maximum Gasteiger partial charge on any atom is 0.326 e. The van der Waals surface area contributed by atoms with Crippen LogP contribution < -0.4 is 10.6 Å². The lowest BCUT2D eigenvalue weighted by atomic mass is 10.1. The zero-order valence-electron chi connectivity index (χ0n) is 19.9. The second-order valence-corrected chi connectivity index (χ2v) is 6.47. The van der Waals surface area contributed by atoms with Gasteiger partial charge in [0.05, 0.1) is 18.8 Å². The first-order chi connectivity index (χ1) is 17.6. The third-order valence-electron chi connectivity index (χ3n) is 4.17. The Balaban J connectivity index is 2.42. The zero-order valence-corrected chi connectivity index (χ0v) is 19.9. The van der Waals surface area contributed by atoms with E-state index < -0.39 is 18.2 Å². The van der Waals surface area contributed by atoms with Crippen LogP contribution in [0.2, 0.25) is 0 Å². The molecule has 0 radical (unpaired) electrons. The van der Waals surface area contributed by atoms with Gasteiger partial charge in [-0.25, -0.2) is 4.79 Å². The summed E-state index contributed by atoms with van der Waals surface area (Å²) in [5.74, 6) is 47.4. The van der Waals surface area contributed by atoms with Gasteiger partial charge in [0.2, 0.25) is 0 Å². The highest BCUT2D eigenvalue weighted by Gasteiger charge is 2.43. The fourth-order valence-electron chi connectivity index (χ4n) is 2.82. The number of hydrogen-bond acceptors (Lipinski definition) is 4. The van der Waals surface area contributed by atoms with Gasteiger partial charge >= 0.3 is 6.03 Å². The number of aliphatic hydroxyl groups excluding tert-OH is 1. The van der Waals surface area contributed by atoms with Crippen LogP contribution in [0.3, 0.4) is 0 Å². The lowest BCUT2D eigenvalue weighted by Crippen LogP contribution is -2.47. The summed E-state index contributed by atoms with van der Waals surface area (Å²) >= 11 is 0. The normalized spacial score (nSPS) is 17.2. The van der Waals surface area contributed by atoms with E-state index in [0.717, 1.165) is 0 Å². The van der Waals surface area contributed by atoms with Crippen LogP contribution in [0.25, 0.3) is 0 Å². The third-order valence-corrected chi connectivity index (χ3v) is 4.17. The number of ether oxygens (including phenoxy) is 2. The number of urea groups is 1. The van der Waals surface area contributed by atoms with E-state index >= 15 is 0 Å². The van der Waals surface area contributed by atoms with Gasteiger partial charge in [-0.1, -0.05) is 5.92 Å². The molecular weight excluding hydrogens is 452 g/mol. The molecule has 0 aromatic carbocycles. The molecule has 3 N–H and O–H groups in total. The molecule has 0 bridgehead atoms. The Labute approximate surface area is 213 Å². The Morgan fingerprint density at radius 1 is 0.778 bits per heavy atom. The topological polar surface area (TPSA) is 79.8 Å². The largest absolute Gasteiger partial charge is 0.390 e. The van der Waals surface area contributed by atoms with E-state index in [4.69, 9.17) is 9.47 Å². The average Bonchev–Trinajstić information content (AvgIpc) is 3.16. The standard InChI is InChI=1S/C30H20N2O4/c1-4-5-6-7-8-9-10-11-12-13-14-15-16-17-18-19-20-21-22-23-31-30(34)32-27-24-26(25-35-2)28(33)29(27)36-3/h26-29,33H,24-25H2,1-3H3,(H2,31,32,34)/t26-,27-,28+,29?/m1/s1. The predicted octanol–water partition coefficient (Wildman–Crippen LogP) is -0.292. The number of hydrogen-bond donors (Lipinski definition) is 3. The number of amides is 2. The Morgan fingerprint density at radius 2 is 1.22 bits per heavy atom. The van der Waals surface area contributed by atoms with Gasteiger partial charge < -0.3 is 19.9 Å². The summed E-state index contributed by atoms with van der Waals surface area (Å²) in [7, 11) is 3.04. The van der Waals surface area contributed by atoms with Crippen LogP contribution in [-0.4, -0.2) is 50.2 Å². The molecule has 4 atom stereocenters. The van der Waals surface area contributed by atoms with E-state index in [-0.39, 0.29) is 12.0 Å². The molecule has 0 aromatic heterocycles. The molecule has 0 aliphatic heterocycles. The number of nitrogens with one attached hydrogen (secondary N) is 2. The van der Waals surface area contributed by atoms with Crippen molar-refractivity contribution in [2.45, 2.75) is 31.6 Å². The van der Waals surface area contributed by atoms with Crippen molar-refractivity contribution in [3.05, 3.63) is 0 Å². The monoisotopic (exact) mass is 472 g/mol. The average molecular weight is 473 g/mol. The van der Waals surface area contributed by atoms with Gasteiger partial charge in [-0.05, 0) is 60.7 Å². The molecule has 0 saturated heterocycles. The van der Waals surface area contributed by atoms with Crippen LogP contribution in [0.15, 0.2) is 0 Å². The lowest BCUT2D eigenvalue weighted by Gasteiger charge is -2.21. The molecule has 1 saturated carbocycles. The van der Waals surface area contributed by atoms with Gasteiger partial charge in [0.1, 0.15) is 6.10 Å². The molecule has 174 valence electrons. The van der Waals surface area contributed by atoms with Gasteiger partial charge in [0.25, 0.3) is 0 Å². The first kappa shape index (κ1) is 28.8. The number of methoxy groups -OCH3 is 2. The molecule has 6 nitrogen and oxygen atoms in total. The van der Waals surface area contributed by atoms with Crippen molar-refractivity contribution < 1.29 is 19.4 Å². The fraction of sp³-hybridized carbons (Fsp3) is 0.300. The molecule has 0 heterocycles. The maximum atomic E-state index is 12.0. The first-order valence-electron chi connectivity index (χ1n) is 10.3. The van der Waals surface area contributed by atoms with Crippen molar-refractivity contribution in [1.82, 2.24) is 10.6 Å². The second-order valence-electron chi connectivity index (χ2n) is 6.47. The van der Waals surface area contributed by atoms with Crippen molar-refractivity contribution in [2.24, 2.45) is 5.92 Å². The number of carbonyl (C=O) groups is 1. The van der Waals surface area contributed by atoms with E-state index in [0.29, 0.717) is 13.0 Å². The maximum absolute atomic E-state index is 12.0. The Morgan fingerprint density at radius 3 is 1.64 bits per heavy atom. The fourth-order valence-corrected chi connectivity index (χ4v) is 2.82. The van der Waals surface area contributed by atoms with Crippen LogP contribution in [0, 0.1) is 124 Å². The molecule has 2 amide bonds. The van der Waals surface area contributed by atoms with Gasteiger partial charge in [-0.3, -0.25) is 5.32 Å². The Hall–Kier alpha value is -5.25. The number of aliphatic hydroxyl groups is 1. The van der Waals surface area contributed by atoms with Gasteiger partial charge in [-0.15, -0.1) is 0 Å². The molecule has 1 unspecified atom stereocenters. The van der Waals surface area contributed by atoms with Gasteiger partial charge in [0.15, 0.2) is 0 Å². The molecular formula is C30H20N2O4. The van der Waals surface area contributed by atoms with E-state index in [1.807, 2.05) is 0 Å². The summed E-state index contributed by atoms with van der Waals surface area (Å²) < 4.78 is 10.4. The summed E-state index contributed by atoms with van der Waals surface area (Å²) in [6.45, 7) is 2.06.